The van der Waals surface area contributed by atoms with Gasteiger partial charge in [-0.1, -0.05) is 30.3 Å². The number of para-hydroxylation sites is 1. The zero-order chi connectivity index (χ0) is 14.8. The molecule has 0 aliphatic heterocycles. The van der Waals surface area contributed by atoms with Crippen molar-refractivity contribution in [1.82, 2.24) is 14.2 Å². The maximum absolute atomic E-state index is 4.74. The largest absolute Gasteiger partial charge is 0.250 e. The molecule has 4 heteroatoms. The van der Waals surface area contributed by atoms with Crippen LogP contribution in [0.4, 0.5) is 5.69 Å². The van der Waals surface area contributed by atoms with Crippen molar-refractivity contribution >= 4 is 16.9 Å². The van der Waals surface area contributed by atoms with E-state index < -0.39 is 0 Å². The zero-order valence-electron chi connectivity index (χ0n) is 12.5. The molecule has 0 bridgehead atoms. The van der Waals surface area contributed by atoms with E-state index in [-0.39, 0.29) is 0 Å². The van der Waals surface area contributed by atoms with Crippen molar-refractivity contribution in [2.75, 3.05) is 0 Å². The van der Waals surface area contributed by atoms with Gasteiger partial charge in [-0.3, -0.25) is 0 Å². The van der Waals surface area contributed by atoms with Crippen LogP contribution in [0.2, 0.25) is 0 Å². The van der Waals surface area contributed by atoms with Crippen LogP contribution >= 0.6 is 0 Å². The lowest BCUT2D eigenvalue weighted by Crippen LogP contribution is -2.18. The van der Waals surface area contributed by atoms with Gasteiger partial charge in [-0.2, -0.15) is 4.98 Å². The maximum atomic E-state index is 4.74. The summed E-state index contributed by atoms with van der Waals surface area (Å²) in [7, 11) is 1.96. The molecule has 3 rings (SSSR count). The number of benzene rings is 1. The van der Waals surface area contributed by atoms with Crippen LogP contribution in [0.25, 0.3) is 11.2 Å². The first-order valence-electron chi connectivity index (χ1n) is 6.98. The lowest BCUT2D eigenvalue weighted by Gasteiger charge is -2.04. The number of aryl methyl sites for hydroxylation is 1. The lowest BCUT2D eigenvalue weighted by atomic mass is 10.1. The third-order valence-electron chi connectivity index (χ3n) is 3.63. The minimum Gasteiger partial charge on any atom is -0.250 e. The molecule has 0 spiro atoms. The first-order chi connectivity index (χ1) is 10.2. The number of hydrogen-bond acceptors (Lipinski definition) is 2. The average molecular weight is 278 g/mol. The third kappa shape index (κ3) is 2.40. The van der Waals surface area contributed by atoms with Crippen molar-refractivity contribution in [2.24, 2.45) is 12.0 Å². The summed E-state index contributed by atoms with van der Waals surface area (Å²) in [5, 5.41) is 0. The molecule has 0 saturated carbocycles. The van der Waals surface area contributed by atoms with E-state index in [1.807, 2.05) is 65.8 Å². The van der Waals surface area contributed by atoms with Gasteiger partial charge in [-0.25, -0.2) is 14.2 Å². The quantitative estimate of drug-likeness (QED) is 0.708. The van der Waals surface area contributed by atoms with Gasteiger partial charge < -0.3 is 0 Å². The highest BCUT2D eigenvalue weighted by molar-refractivity contribution is 5.73. The molecule has 0 N–H and O–H groups in total. The molecule has 0 atom stereocenters. The van der Waals surface area contributed by atoms with Gasteiger partial charge in [-0.05, 0) is 37.6 Å². The number of hydrogen-bond donors (Lipinski definition) is 0. The van der Waals surface area contributed by atoms with Gasteiger partial charge in [0.15, 0.2) is 5.65 Å². The molecular weight excluding hydrogens is 260 g/mol. The van der Waals surface area contributed by atoms with Crippen molar-refractivity contribution in [3.05, 3.63) is 65.9 Å². The molecular formula is C17H18N4. The Morgan fingerprint density at radius 1 is 1.14 bits per heavy atom. The van der Waals surface area contributed by atoms with Crippen LogP contribution in [-0.4, -0.2) is 14.2 Å². The summed E-state index contributed by atoms with van der Waals surface area (Å²) in [4.78, 5) is 9.31. The predicted molar refractivity (Wildman–Crippen MR) is 85.2 cm³/mol. The molecule has 0 unspecified atom stereocenters. The molecule has 2 aromatic heterocycles. The van der Waals surface area contributed by atoms with Crippen LogP contribution in [0.15, 0.2) is 59.7 Å². The minimum atomic E-state index is 0.692. The van der Waals surface area contributed by atoms with Crippen molar-refractivity contribution in [3.63, 3.8) is 0 Å². The summed E-state index contributed by atoms with van der Waals surface area (Å²) in [6.07, 6.45) is 4.07. The number of aromatic nitrogens is 3. The van der Waals surface area contributed by atoms with Gasteiger partial charge in [0.05, 0.1) is 5.69 Å². The number of rotatable bonds is 2. The highest BCUT2D eigenvalue weighted by Gasteiger charge is 2.04. The van der Waals surface area contributed by atoms with E-state index in [1.165, 1.54) is 5.57 Å². The summed E-state index contributed by atoms with van der Waals surface area (Å²) >= 11 is 0. The summed E-state index contributed by atoms with van der Waals surface area (Å²) in [6, 6.07) is 14.1. The molecule has 0 aliphatic carbocycles. The number of allylic oxidation sites excluding steroid dienone is 2. The molecule has 1 aromatic carbocycles. The van der Waals surface area contributed by atoms with Crippen molar-refractivity contribution in [2.45, 2.75) is 13.8 Å². The molecule has 0 saturated heterocycles. The molecule has 0 aliphatic rings. The van der Waals surface area contributed by atoms with E-state index in [0.29, 0.717) is 5.62 Å². The second kappa shape index (κ2) is 5.40. The Hall–Kier alpha value is -2.62. The van der Waals surface area contributed by atoms with Crippen LogP contribution in [0, 0.1) is 0 Å². The number of pyridine rings is 1. The Morgan fingerprint density at radius 3 is 2.67 bits per heavy atom. The van der Waals surface area contributed by atoms with Crippen molar-refractivity contribution < 1.29 is 0 Å². The maximum Gasteiger partial charge on any atom is 0.247 e. The standard InChI is InChI=1S/C17H18N4/c1-4-13(2)14-9-5-6-10-15(14)18-17-19-16-11-7-8-12-21(16)20(17)3/h4-12H,1-3H3. The van der Waals surface area contributed by atoms with Crippen LogP contribution in [-0.2, 0) is 7.05 Å². The monoisotopic (exact) mass is 278 g/mol. The molecule has 2 heterocycles. The normalized spacial score (nSPS) is 13.1. The Kier molecular flexibility index (Phi) is 3.44. The molecule has 106 valence electrons. The van der Waals surface area contributed by atoms with E-state index in [9.17, 15) is 0 Å². The van der Waals surface area contributed by atoms with E-state index in [2.05, 4.69) is 24.1 Å². The molecule has 0 radical (unpaired) electrons. The van der Waals surface area contributed by atoms with E-state index >= 15 is 0 Å². The van der Waals surface area contributed by atoms with Gasteiger partial charge in [0.1, 0.15) is 0 Å². The summed E-state index contributed by atoms with van der Waals surface area (Å²) < 4.78 is 3.92. The van der Waals surface area contributed by atoms with Crippen LogP contribution in [0.3, 0.4) is 0 Å². The van der Waals surface area contributed by atoms with Crippen LogP contribution in [0.5, 0.6) is 0 Å². The second-order valence-electron chi connectivity index (χ2n) is 4.94. The van der Waals surface area contributed by atoms with Crippen molar-refractivity contribution in [1.29, 1.82) is 0 Å². The Balaban J connectivity index is 2.24. The predicted octanol–water partition coefficient (Wildman–Crippen LogP) is 3.33. The van der Waals surface area contributed by atoms with Gasteiger partial charge in [0.2, 0.25) is 5.62 Å². The first-order valence-corrected chi connectivity index (χ1v) is 6.98. The van der Waals surface area contributed by atoms with Gasteiger partial charge in [-0.15, -0.1) is 0 Å². The van der Waals surface area contributed by atoms with Gasteiger partial charge in [0, 0.05) is 18.8 Å². The second-order valence-corrected chi connectivity index (χ2v) is 4.94. The van der Waals surface area contributed by atoms with Gasteiger partial charge in [0.25, 0.3) is 0 Å². The topological polar surface area (TPSA) is 34.6 Å². The zero-order valence-corrected chi connectivity index (χ0v) is 12.5. The number of nitrogens with zero attached hydrogens (tertiary/aromatic N) is 4. The molecule has 0 fully saturated rings. The highest BCUT2D eigenvalue weighted by atomic mass is 15.4. The fourth-order valence-corrected chi connectivity index (χ4v) is 2.30. The van der Waals surface area contributed by atoms with E-state index in [4.69, 9.17) is 4.99 Å². The Labute approximate surface area is 123 Å². The molecule has 21 heavy (non-hydrogen) atoms. The SMILES string of the molecule is CC=C(C)c1ccccc1N=c1nc2ccccn2n1C. The fourth-order valence-electron chi connectivity index (χ4n) is 2.30. The van der Waals surface area contributed by atoms with Crippen molar-refractivity contribution in [3.8, 4) is 0 Å². The fraction of sp³-hybridized carbons (Fsp3) is 0.176. The van der Waals surface area contributed by atoms with E-state index in [1.54, 1.807) is 0 Å². The number of fused-ring (bicyclic) bond motifs is 1. The Bertz CT molecular complexity index is 881. The van der Waals surface area contributed by atoms with Gasteiger partial charge >= 0.3 is 0 Å². The summed E-state index contributed by atoms with van der Waals surface area (Å²) in [6.45, 7) is 4.13. The molecule has 0 amide bonds. The molecule has 4 nitrogen and oxygen atoms in total. The summed E-state index contributed by atoms with van der Waals surface area (Å²) in [5.41, 5.74) is 4.86. The smallest absolute Gasteiger partial charge is 0.247 e. The van der Waals surface area contributed by atoms with E-state index in [0.717, 1.165) is 16.9 Å². The Morgan fingerprint density at radius 2 is 1.90 bits per heavy atom. The van der Waals surface area contributed by atoms with Crippen LogP contribution in [0.1, 0.15) is 19.4 Å². The van der Waals surface area contributed by atoms with Crippen LogP contribution < -0.4 is 5.62 Å². The lowest BCUT2D eigenvalue weighted by molar-refractivity contribution is 0.663. The molecule has 3 aromatic rings. The third-order valence-corrected chi connectivity index (χ3v) is 3.63. The first kappa shape index (κ1) is 13.4. The highest BCUT2D eigenvalue weighted by Crippen LogP contribution is 2.25. The minimum absolute atomic E-state index is 0.692. The summed E-state index contributed by atoms with van der Waals surface area (Å²) in [5.74, 6) is 0. The average Bonchev–Trinajstić information content (AvgIpc) is 2.84.